The van der Waals surface area contributed by atoms with Gasteiger partial charge in [0.15, 0.2) is 0 Å². The normalized spacial score (nSPS) is 23.6. The summed E-state index contributed by atoms with van der Waals surface area (Å²) in [4.78, 5) is 39.5. The molecule has 0 bridgehead atoms. The van der Waals surface area contributed by atoms with Crippen LogP contribution < -0.4 is 5.32 Å². The Morgan fingerprint density at radius 3 is 2.52 bits per heavy atom. The minimum absolute atomic E-state index is 0. The van der Waals surface area contributed by atoms with Crippen molar-refractivity contribution in [3.63, 3.8) is 0 Å². The van der Waals surface area contributed by atoms with Gasteiger partial charge in [-0.15, -0.1) is 12.4 Å². The Labute approximate surface area is 141 Å². The number of fused-ring (bicyclic) bond motifs is 1. The Kier molecular flexibility index (Phi) is 4.77. The minimum atomic E-state index is -0.351. The Morgan fingerprint density at radius 2 is 1.83 bits per heavy atom. The second kappa shape index (κ2) is 6.29. The topological polar surface area (TPSA) is 69.7 Å². The number of piperazine rings is 1. The van der Waals surface area contributed by atoms with Crippen LogP contribution >= 0.6 is 12.4 Å². The van der Waals surface area contributed by atoms with Gasteiger partial charge in [-0.25, -0.2) is 0 Å². The first-order chi connectivity index (χ1) is 10.4. The molecule has 1 fully saturated rings. The highest BCUT2D eigenvalue weighted by Crippen LogP contribution is 2.24. The third-order valence-electron chi connectivity index (χ3n) is 4.63. The highest BCUT2D eigenvalue weighted by Gasteiger charge is 2.34. The van der Waals surface area contributed by atoms with Crippen molar-refractivity contribution in [1.82, 2.24) is 15.1 Å². The van der Waals surface area contributed by atoms with E-state index in [0.29, 0.717) is 23.2 Å². The summed E-state index contributed by atoms with van der Waals surface area (Å²) in [6.07, 6.45) is 0. The highest BCUT2D eigenvalue weighted by atomic mass is 35.5. The van der Waals surface area contributed by atoms with Gasteiger partial charge in [-0.2, -0.15) is 0 Å². The maximum atomic E-state index is 12.7. The maximum absolute atomic E-state index is 12.7. The van der Waals surface area contributed by atoms with Crippen molar-refractivity contribution in [2.75, 3.05) is 20.1 Å². The van der Waals surface area contributed by atoms with E-state index in [4.69, 9.17) is 0 Å². The van der Waals surface area contributed by atoms with Crippen molar-refractivity contribution in [3.8, 4) is 0 Å². The number of amides is 3. The maximum Gasteiger partial charge on any atom is 0.261 e. The highest BCUT2D eigenvalue weighted by molar-refractivity contribution is 6.21. The number of nitrogens with zero attached hydrogens (tertiary/aromatic N) is 2. The smallest absolute Gasteiger partial charge is 0.261 e. The second-order valence-electron chi connectivity index (χ2n) is 5.91. The van der Waals surface area contributed by atoms with E-state index < -0.39 is 0 Å². The fraction of sp³-hybridized carbons (Fsp3) is 0.438. The standard InChI is InChI=1S/C16H19N3O3.ClH/c1-9-10(2)19(7-6-17-9)14(20)11-4-5-12-13(8-11)16(22)18(3)15(12)21;/h4-5,8-10,17H,6-7H2,1-3H3;1H. The Hall–Kier alpha value is -1.92. The average Bonchev–Trinajstić information content (AvgIpc) is 2.74. The van der Waals surface area contributed by atoms with Crippen molar-refractivity contribution < 1.29 is 14.4 Å². The van der Waals surface area contributed by atoms with Crippen LogP contribution in [0.4, 0.5) is 0 Å². The Bertz CT molecular complexity index is 677. The molecule has 7 heteroatoms. The molecule has 0 aliphatic carbocycles. The third-order valence-corrected chi connectivity index (χ3v) is 4.63. The summed E-state index contributed by atoms with van der Waals surface area (Å²) in [5, 5.41) is 3.33. The van der Waals surface area contributed by atoms with Gasteiger partial charge in [0.2, 0.25) is 0 Å². The average molecular weight is 338 g/mol. The van der Waals surface area contributed by atoms with Crippen LogP contribution in [0.3, 0.4) is 0 Å². The molecule has 1 aromatic carbocycles. The van der Waals surface area contributed by atoms with Gasteiger partial charge >= 0.3 is 0 Å². The van der Waals surface area contributed by atoms with E-state index in [0.717, 1.165) is 11.4 Å². The van der Waals surface area contributed by atoms with E-state index in [1.807, 2.05) is 18.7 Å². The number of imide groups is 1. The molecule has 2 unspecified atom stereocenters. The van der Waals surface area contributed by atoms with E-state index in [9.17, 15) is 14.4 Å². The number of hydrogen-bond donors (Lipinski definition) is 1. The van der Waals surface area contributed by atoms with Crippen LogP contribution in [0.15, 0.2) is 18.2 Å². The molecule has 1 aromatic rings. The van der Waals surface area contributed by atoms with Gasteiger partial charge in [-0.3, -0.25) is 19.3 Å². The molecule has 2 heterocycles. The summed E-state index contributed by atoms with van der Waals surface area (Å²) in [5.74, 6) is -0.766. The van der Waals surface area contributed by atoms with Gasteiger partial charge in [0.1, 0.15) is 0 Å². The van der Waals surface area contributed by atoms with Crippen molar-refractivity contribution in [2.45, 2.75) is 25.9 Å². The predicted octanol–water partition coefficient (Wildman–Crippen LogP) is 1.16. The lowest BCUT2D eigenvalue weighted by Gasteiger charge is -2.38. The molecule has 0 radical (unpaired) electrons. The quantitative estimate of drug-likeness (QED) is 0.781. The molecule has 0 saturated carbocycles. The number of hydrogen-bond acceptors (Lipinski definition) is 4. The van der Waals surface area contributed by atoms with Crippen LogP contribution in [-0.4, -0.2) is 59.7 Å². The third kappa shape index (κ3) is 2.72. The number of carbonyl (C=O) groups excluding carboxylic acids is 3. The Morgan fingerprint density at radius 1 is 1.17 bits per heavy atom. The zero-order chi connectivity index (χ0) is 16.0. The van der Waals surface area contributed by atoms with Crippen molar-refractivity contribution in [1.29, 1.82) is 0 Å². The molecule has 0 aromatic heterocycles. The zero-order valence-electron chi connectivity index (χ0n) is 13.3. The van der Waals surface area contributed by atoms with Crippen LogP contribution in [0.25, 0.3) is 0 Å². The lowest BCUT2D eigenvalue weighted by molar-refractivity contribution is 0.0602. The summed E-state index contributed by atoms with van der Waals surface area (Å²) in [5.41, 5.74) is 1.14. The molecular formula is C16H20ClN3O3. The van der Waals surface area contributed by atoms with Gasteiger partial charge in [0.25, 0.3) is 17.7 Å². The van der Waals surface area contributed by atoms with Crippen LogP contribution in [0.5, 0.6) is 0 Å². The second-order valence-corrected chi connectivity index (χ2v) is 5.91. The fourth-order valence-corrected chi connectivity index (χ4v) is 3.00. The molecule has 1 N–H and O–H groups in total. The summed E-state index contributed by atoms with van der Waals surface area (Å²) in [7, 11) is 1.45. The summed E-state index contributed by atoms with van der Waals surface area (Å²) < 4.78 is 0. The van der Waals surface area contributed by atoms with Gasteiger partial charge in [0, 0.05) is 37.8 Å². The number of halogens is 1. The first-order valence-corrected chi connectivity index (χ1v) is 7.42. The predicted molar refractivity (Wildman–Crippen MR) is 88.1 cm³/mol. The first-order valence-electron chi connectivity index (χ1n) is 7.42. The molecule has 1 saturated heterocycles. The molecule has 2 aliphatic heterocycles. The molecule has 124 valence electrons. The largest absolute Gasteiger partial charge is 0.333 e. The van der Waals surface area contributed by atoms with E-state index in [-0.39, 0.29) is 42.2 Å². The number of benzene rings is 1. The Balaban J connectivity index is 0.00000192. The van der Waals surface area contributed by atoms with Crippen molar-refractivity contribution in [2.24, 2.45) is 0 Å². The summed E-state index contributed by atoms with van der Waals surface area (Å²) >= 11 is 0. The van der Waals surface area contributed by atoms with Crippen LogP contribution in [0.2, 0.25) is 0 Å². The van der Waals surface area contributed by atoms with Crippen LogP contribution in [0.1, 0.15) is 44.9 Å². The van der Waals surface area contributed by atoms with Gasteiger partial charge in [-0.05, 0) is 32.0 Å². The van der Waals surface area contributed by atoms with E-state index in [1.165, 1.54) is 7.05 Å². The van der Waals surface area contributed by atoms with E-state index in [1.54, 1.807) is 18.2 Å². The number of carbonyl (C=O) groups is 3. The van der Waals surface area contributed by atoms with E-state index >= 15 is 0 Å². The molecule has 0 spiro atoms. The number of nitrogens with one attached hydrogen (secondary N) is 1. The van der Waals surface area contributed by atoms with Crippen molar-refractivity contribution >= 4 is 30.1 Å². The van der Waals surface area contributed by atoms with Gasteiger partial charge < -0.3 is 10.2 Å². The molecule has 2 atom stereocenters. The summed E-state index contributed by atoms with van der Waals surface area (Å²) in [6, 6.07) is 5.05. The monoisotopic (exact) mass is 337 g/mol. The number of rotatable bonds is 1. The first kappa shape index (κ1) is 17.4. The SMILES string of the molecule is CC1NCCN(C(=O)c2ccc3c(c2)C(=O)N(C)C3=O)C1C.Cl. The lowest BCUT2D eigenvalue weighted by atomic mass is 10.0. The van der Waals surface area contributed by atoms with Crippen LogP contribution in [-0.2, 0) is 0 Å². The van der Waals surface area contributed by atoms with Gasteiger partial charge in [-0.1, -0.05) is 0 Å². The van der Waals surface area contributed by atoms with Crippen LogP contribution in [0, 0.1) is 0 Å². The lowest BCUT2D eigenvalue weighted by Crippen LogP contribution is -2.57. The minimum Gasteiger partial charge on any atom is -0.333 e. The fourth-order valence-electron chi connectivity index (χ4n) is 3.00. The van der Waals surface area contributed by atoms with Crippen molar-refractivity contribution in [3.05, 3.63) is 34.9 Å². The molecule has 6 nitrogen and oxygen atoms in total. The zero-order valence-corrected chi connectivity index (χ0v) is 14.1. The van der Waals surface area contributed by atoms with Gasteiger partial charge in [0.05, 0.1) is 11.1 Å². The molecule has 3 amide bonds. The van der Waals surface area contributed by atoms with E-state index in [2.05, 4.69) is 5.32 Å². The molecule has 3 rings (SSSR count). The molecule has 2 aliphatic rings. The summed E-state index contributed by atoms with van der Waals surface area (Å²) in [6.45, 7) is 5.44. The molecular weight excluding hydrogens is 318 g/mol. The molecule has 23 heavy (non-hydrogen) atoms.